The molecule has 0 aliphatic heterocycles. The van der Waals surface area contributed by atoms with Crippen LogP contribution in [0.25, 0.3) is 0 Å². The first-order valence-corrected chi connectivity index (χ1v) is 8.15. The molecule has 1 saturated carbocycles. The highest BCUT2D eigenvalue weighted by Gasteiger charge is 2.33. The molecule has 2 nitrogen and oxygen atoms in total. The topological polar surface area (TPSA) is 29.1 Å². The number of carbonyl (C=O) groups is 1. The van der Waals surface area contributed by atoms with Crippen molar-refractivity contribution < 1.29 is 4.79 Å². The molecule has 0 heterocycles. The van der Waals surface area contributed by atoms with E-state index in [1.54, 1.807) is 0 Å². The van der Waals surface area contributed by atoms with Gasteiger partial charge in [-0.2, -0.15) is 12.6 Å². The fraction of sp³-hybridized carbons (Fsp3) is 0.588. The zero-order valence-corrected chi connectivity index (χ0v) is 13.3. The molecule has 20 heavy (non-hydrogen) atoms. The van der Waals surface area contributed by atoms with Gasteiger partial charge in [0.05, 0.1) is 5.25 Å². The molecule has 1 aliphatic carbocycles. The summed E-state index contributed by atoms with van der Waals surface area (Å²) in [5.41, 5.74) is 1.16. The van der Waals surface area contributed by atoms with E-state index >= 15 is 0 Å². The van der Waals surface area contributed by atoms with Crippen molar-refractivity contribution >= 4 is 18.5 Å². The van der Waals surface area contributed by atoms with E-state index in [1.807, 2.05) is 30.3 Å². The summed E-state index contributed by atoms with van der Waals surface area (Å²) in [6.45, 7) is 4.50. The first-order chi connectivity index (χ1) is 9.61. The van der Waals surface area contributed by atoms with E-state index in [0.29, 0.717) is 18.4 Å². The minimum Gasteiger partial charge on any atom is -0.352 e. The van der Waals surface area contributed by atoms with Crippen molar-refractivity contribution in [1.29, 1.82) is 0 Å². The molecule has 1 aromatic rings. The molecular weight excluding hydrogens is 266 g/mol. The van der Waals surface area contributed by atoms with Gasteiger partial charge in [-0.1, -0.05) is 50.6 Å². The fourth-order valence-electron chi connectivity index (χ4n) is 3.24. The van der Waals surface area contributed by atoms with Crippen LogP contribution in [0.2, 0.25) is 0 Å². The highest BCUT2D eigenvalue weighted by atomic mass is 32.1. The summed E-state index contributed by atoms with van der Waals surface area (Å²) in [5, 5.41) is 2.94. The van der Waals surface area contributed by atoms with Crippen molar-refractivity contribution in [3.05, 3.63) is 35.9 Å². The van der Waals surface area contributed by atoms with Gasteiger partial charge in [-0.3, -0.25) is 4.79 Å². The van der Waals surface area contributed by atoms with Crippen LogP contribution in [-0.2, 0) is 11.2 Å². The molecule has 3 heteroatoms. The summed E-state index contributed by atoms with van der Waals surface area (Å²) in [6.07, 6.45) is 4.24. The normalized spacial score (nSPS) is 27.2. The van der Waals surface area contributed by atoms with Crippen LogP contribution in [0.5, 0.6) is 0 Å². The summed E-state index contributed by atoms with van der Waals surface area (Å²) in [7, 11) is 0. The predicted molar refractivity (Wildman–Crippen MR) is 87.0 cm³/mol. The molecule has 0 radical (unpaired) electrons. The molecule has 4 unspecified atom stereocenters. The summed E-state index contributed by atoms with van der Waals surface area (Å²) >= 11 is 4.47. The molecule has 0 aromatic heterocycles. The van der Waals surface area contributed by atoms with Gasteiger partial charge >= 0.3 is 0 Å². The van der Waals surface area contributed by atoms with E-state index < -0.39 is 0 Å². The number of rotatable bonds is 5. The van der Waals surface area contributed by atoms with Gasteiger partial charge in [-0.25, -0.2) is 0 Å². The van der Waals surface area contributed by atoms with Gasteiger partial charge < -0.3 is 5.32 Å². The first-order valence-electron chi connectivity index (χ1n) is 7.64. The van der Waals surface area contributed by atoms with Crippen LogP contribution < -0.4 is 5.32 Å². The van der Waals surface area contributed by atoms with E-state index in [2.05, 4.69) is 31.8 Å². The lowest BCUT2D eigenvalue weighted by Crippen LogP contribution is -2.42. The van der Waals surface area contributed by atoms with Gasteiger partial charge in [-0.15, -0.1) is 0 Å². The van der Waals surface area contributed by atoms with Crippen LogP contribution in [0.4, 0.5) is 0 Å². The number of benzene rings is 1. The van der Waals surface area contributed by atoms with Crippen LogP contribution in [0.15, 0.2) is 30.3 Å². The Hall–Kier alpha value is -0.960. The maximum atomic E-state index is 12.3. The molecule has 1 N–H and O–H groups in total. The smallest absolute Gasteiger partial charge is 0.233 e. The summed E-state index contributed by atoms with van der Waals surface area (Å²) < 4.78 is 0. The Bertz CT molecular complexity index is 434. The third-order valence-electron chi connectivity index (χ3n) is 4.65. The van der Waals surface area contributed by atoms with Crippen molar-refractivity contribution in [2.45, 2.75) is 50.8 Å². The first kappa shape index (κ1) is 15.4. The third kappa shape index (κ3) is 3.78. The average Bonchev–Trinajstić information content (AvgIpc) is 2.80. The molecule has 1 aliphatic rings. The minimum atomic E-state index is -0.259. The van der Waals surface area contributed by atoms with Gasteiger partial charge in [0.1, 0.15) is 0 Å². The van der Waals surface area contributed by atoms with Gasteiger partial charge in [0.15, 0.2) is 0 Å². The molecule has 1 aromatic carbocycles. The second-order valence-corrected chi connectivity index (χ2v) is 6.55. The van der Waals surface area contributed by atoms with Gasteiger partial charge in [0.2, 0.25) is 5.91 Å². The third-order valence-corrected chi connectivity index (χ3v) is 5.07. The van der Waals surface area contributed by atoms with Gasteiger partial charge in [-0.05, 0) is 36.7 Å². The number of nitrogens with one attached hydrogen (secondary N) is 1. The highest BCUT2D eigenvalue weighted by molar-refractivity contribution is 7.81. The maximum absolute atomic E-state index is 12.3. The Labute approximate surface area is 127 Å². The van der Waals surface area contributed by atoms with Crippen LogP contribution in [-0.4, -0.2) is 17.2 Å². The van der Waals surface area contributed by atoms with E-state index in [-0.39, 0.29) is 11.2 Å². The van der Waals surface area contributed by atoms with Crippen molar-refractivity contribution in [3.8, 4) is 0 Å². The summed E-state index contributed by atoms with van der Waals surface area (Å²) in [5.74, 6) is 1.42. The Kier molecular flexibility index (Phi) is 5.53. The Balaban J connectivity index is 1.86. The molecular formula is C17H25NOS. The minimum absolute atomic E-state index is 0.0748. The fourth-order valence-corrected chi connectivity index (χ4v) is 3.52. The van der Waals surface area contributed by atoms with E-state index in [1.165, 1.54) is 12.8 Å². The number of amides is 1. The zero-order chi connectivity index (χ0) is 14.5. The van der Waals surface area contributed by atoms with Crippen LogP contribution in [0.3, 0.4) is 0 Å². The molecule has 110 valence electrons. The Morgan fingerprint density at radius 1 is 1.35 bits per heavy atom. The lowest BCUT2D eigenvalue weighted by atomic mass is 9.93. The molecule has 0 saturated heterocycles. The summed E-state index contributed by atoms with van der Waals surface area (Å²) in [4.78, 5) is 12.3. The standard InChI is InChI=1S/C17H25NOS/c1-3-14-9-10-15(12(14)2)18-17(19)16(20)11-13-7-5-4-6-8-13/h4-8,12,14-16,20H,3,9-11H2,1-2H3,(H,18,19). The maximum Gasteiger partial charge on any atom is 0.233 e. The number of hydrogen-bond donors (Lipinski definition) is 2. The number of thiol groups is 1. The lowest BCUT2D eigenvalue weighted by Gasteiger charge is -2.22. The highest BCUT2D eigenvalue weighted by Crippen LogP contribution is 2.33. The van der Waals surface area contributed by atoms with Crippen molar-refractivity contribution in [2.24, 2.45) is 11.8 Å². The molecule has 4 atom stereocenters. The SMILES string of the molecule is CCC1CCC(NC(=O)C(S)Cc2ccccc2)C1C. The monoisotopic (exact) mass is 291 g/mol. The quantitative estimate of drug-likeness (QED) is 0.799. The second kappa shape index (κ2) is 7.16. The van der Waals surface area contributed by atoms with Crippen LogP contribution >= 0.6 is 12.6 Å². The molecule has 0 spiro atoms. The van der Waals surface area contributed by atoms with Crippen molar-refractivity contribution in [3.63, 3.8) is 0 Å². The predicted octanol–water partition coefficient (Wildman–Crippen LogP) is 3.47. The second-order valence-electron chi connectivity index (χ2n) is 5.93. The summed E-state index contributed by atoms with van der Waals surface area (Å²) in [6, 6.07) is 10.4. The van der Waals surface area contributed by atoms with E-state index in [4.69, 9.17) is 0 Å². The van der Waals surface area contributed by atoms with Crippen LogP contribution in [0.1, 0.15) is 38.7 Å². The van der Waals surface area contributed by atoms with Gasteiger partial charge in [0.25, 0.3) is 0 Å². The largest absolute Gasteiger partial charge is 0.352 e. The number of hydrogen-bond acceptors (Lipinski definition) is 2. The van der Waals surface area contributed by atoms with Gasteiger partial charge in [0, 0.05) is 6.04 Å². The Morgan fingerprint density at radius 2 is 2.05 bits per heavy atom. The molecule has 2 rings (SSSR count). The molecule has 0 bridgehead atoms. The lowest BCUT2D eigenvalue weighted by molar-refractivity contribution is -0.121. The van der Waals surface area contributed by atoms with E-state index in [9.17, 15) is 4.79 Å². The number of carbonyl (C=O) groups excluding carboxylic acids is 1. The van der Waals surface area contributed by atoms with Crippen molar-refractivity contribution in [2.75, 3.05) is 0 Å². The van der Waals surface area contributed by atoms with Crippen molar-refractivity contribution in [1.82, 2.24) is 5.32 Å². The average molecular weight is 291 g/mol. The Morgan fingerprint density at radius 3 is 2.65 bits per heavy atom. The zero-order valence-electron chi connectivity index (χ0n) is 12.4. The molecule has 1 fully saturated rings. The molecule has 1 amide bonds. The van der Waals surface area contributed by atoms with E-state index in [0.717, 1.165) is 17.9 Å². The van der Waals surface area contributed by atoms with Crippen LogP contribution in [0, 0.1) is 11.8 Å².